The molecule has 2 saturated heterocycles. The van der Waals surface area contributed by atoms with Crippen LogP contribution in [0.3, 0.4) is 0 Å². The quantitative estimate of drug-likeness (QED) is 0.0249. The van der Waals surface area contributed by atoms with Gasteiger partial charge in [-0.25, -0.2) is 0 Å². The van der Waals surface area contributed by atoms with E-state index in [2.05, 4.69) is 58.2 Å². The number of aromatic hydroxyl groups is 1. The first-order valence-electron chi connectivity index (χ1n) is 37.4. The molecule has 0 bridgehead atoms. The average Bonchev–Trinajstić information content (AvgIpc) is 1.64. The Balaban J connectivity index is 1.14. The second-order valence-corrected chi connectivity index (χ2v) is 29.4. The van der Waals surface area contributed by atoms with Crippen LogP contribution in [0.4, 0.5) is 0 Å². The van der Waals surface area contributed by atoms with Crippen molar-refractivity contribution in [3.8, 4) is 5.75 Å². The molecule has 0 aliphatic carbocycles. The summed E-state index contributed by atoms with van der Waals surface area (Å²) in [4.78, 5) is 178. The highest BCUT2D eigenvalue weighted by atomic mass is 35.5. The number of carbonyl (C=O) groups is 12. The highest BCUT2D eigenvalue weighted by Gasteiger charge is 2.41. The van der Waals surface area contributed by atoms with Gasteiger partial charge in [0.2, 0.25) is 70.9 Å². The Morgan fingerprint density at radius 2 is 1.08 bits per heavy atom. The number of amides is 12. The van der Waals surface area contributed by atoms with Crippen molar-refractivity contribution in [2.24, 2.45) is 17.6 Å². The van der Waals surface area contributed by atoms with E-state index in [1.165, 1.54) is 53.4 Å². The predicted octanol–water partition coefficient (Wildman–Crippen LogP) is 3.38. The first-order valence-corrected chi connectivity index (χ1v) is 37.8. The lowest BCUT2D eigenvalue weighted by atomic mass is 9.99. The van der Waals surface area contributed by atoms with E-state index in [-0.39, 0.29) is 113 Å². The van der Waals surface area contributed by atoms with E-state index >= 15 is 9.59 Å². The molecule has 10 atom stereocenters. The predicted molar refractivity (Wildman–Crippen MR) is 408 cm³/mol. The number of nitrogens with two attached hydrogens (primary N) is 1. The Hall–Kier alpha value is -10.1. The van der Waals surface area contributed by atoms with Crippen molar-refractivity contribution in [2.45, 2.75) is 211 Å². The minimum Gasteiger partial charge on any atom is -0.508 e. The third-order valence-corrected chi connectivity index (χ3v) is 19.3. The number of rotatable bonds is 42. The number of nitrogens with zero attached hydrogens (tertiary/aromatic N) is 3. The van der Waals surface area contributed by atoms with Gasteiger partial charge in [-0.05, 0) is 147 Å². The number of phenols is 1. The maximum absolute atomic E-state index is 15.1. The van der Waals surface area contributed by atoms with Crippen LogP contribution < -0.4 is 58.9 Å². The lowest BCUT2D eigenvalue weighted by Crippen LogP contribution is -2.61. The minimum atomic E-state index is -1.82. The number of benzene rings is 4. The molecule has 0 radical (unpaired) electrons. The Labute approximate surface area is 636 Å². The molecule has 29 heteroatoms. The topological polar surface area (TPSA) is 411 Å². The van der Waals surface area contributed by atoms with Gasteiger partial charge in [-0.3, -0.25) is 62.5 Å². The fourth-order valence-corrected chi connectivity index (χ4v) is 13.1. The van der Waals surface area contributed by atoms with Gasteiger partial charge in [0.05, 0.1) is 6.61 Å². The third-order valence-electron chi connectivity index (χ3n) is 19.1. The van der Waals surface area contributed by atoms with Crippen molar-refractivity contribution < 1.29 is 67.7 Å². The molecule has 2 aliphatic heterocycles. The zero-order valence-electron chi connectivity index (χ0n) is 62.7. The number of aliphatic hydroxyl groups is 1. The van der Waals surface area contributed by atoms with Gasteiger partial charge in [-0.15, -0.1) is 0 Å². The summed E-state index contributed by atoms with van der Waals surface area (Å²) in [7, 11) is 0. The Bertz CT molecular complexity index is 3890. The molecular formula is C79H107ClN14O14. The Morgan fingerprint density at radius 1 is 0.546 bits per heavy atom. The monoisotopic (exact) mass is 1510 g/mol. The molecule has 5 aromatic rings. The van der Waals surface area contributed by atoms with Crippen molar-refractivity contribution in [3.63, 3.8) is 0 Å². The molecule has 14 N–H and O–H groups in total. The van der Waals surface area contributed by atoms with E-state index < -0.39 is 126 Å². The largest absolute Gasteiger partial charge is 0.508 e. The number of phenolic OH excluding ortho intramolecular Hbond substituents is 1. The van der Waals surface area contributed by atoms with Gasteiger partial charge in [-0.1, -0.05) is 126 Å². The zero-order chi connectivity index (χ0) is 78.6. The number of hydrogen-bond donors (Lipinski definition) is 13. The van der Waals surface area contributed by atoms with E-state index in [1.54, 1.807) is 50.2 Å². The second kappa shape index (κ2) is 42.5. The van der Waals surface area contributed by atoms with Crippen LogP contribution in [-0.4, -0.2) is 195 Å². The number of unbranched alkanes of at least 4 members (excludes halogenated alkanes) is 2. The molecule has 2 aliphatic rings. The van der Waals surface area contributed by atoms with Crippen LogP contribution in [-0.2, 0) is 83.2 Å². The van der Waals surface area contributed by atoms with Crippen LogP contribution in [0.15, 0.2) is 116 Å². The van der Waals surface area contributed by atoms with Crippen LogP contribution in [0.2, 0.25) is 5.02 Å². The summed E-state index contributed by atoms with van der Waals surface area (Å²) in [5.74, 6) is -9.02. The average molecular weight is 1510 g/mol. The van der Waals surface area contributed by atoms with Crippen LogP contribution in [0, 0.1) is 11.8 Å². The number of aliphatic hydroxyl groups excluding tert-OH is 1. The minimum absolute atomic E-state index is 0.0509. The van der Waals surface area contributed by atoms with Gasteiger partial charge in [0.25, 0.3) is 0 Å². The Morgan fingerprint density at radius 3 is 1.67 bits per heavy atom. The van der Waals surface area contributed by atoms with Gasteiger partial charge in [-0.2, -0.15) is 0 Å². The summed E-state index contributed by atoms with van der Waals surface area (Å²) in [5, 5.41) is 51.7. The first kappa shape index (κ1) is 85.2. The fraction of sp³-hybridized carbons (Fsp3) is 0.506. The van der Waals surface area contributed by atoms with Crippen LogP contribution in [0.5, 0.6) is 5.75 Å². The number of fused-ring (bicyclic) bond motifs is 1. The van der Waals surface area contributed by atoms with Crippen molar-refractivity contribution in [3.05, 3.63) is 143 Å². The number of aromatic nitrogens is 1. The molecular weight excluding hydrogens is 1400 g/mol. The number of carbonyl (C=O) groups excluding carboxylic acids is 12. The summed E-state index contributed by atoms with van der Waals surface area (Å²) in [6.07, 6.45) is 5.74. The van der Waals surface area contributed by atoms with Gasteiger partial charge in [0.15, 0.2) is 0 Å². The first-order chi connectivity index (χ1) is 51.6. The van der Waals surface area contributed by atoms with Crippen molar-refractivity contribution in [2.75, 3.05) is 32.8 Å². The molecule has 2 fully saturated rings. The summed E-state index contributed by atoms with van der Waals surface area (Å²) in [6, 6.07) is 16.0. The number of halogens is 1. The number of nitrogens with one attached hydrogen (secondary N) is 10. The molecule has 28 nitrogen and oxygen atoms in total. The number of pyridine rings is 1. The number of likely N-dealkylation sites (tertiary alicyclic amines) is 2. The van der Waals surface area contributed by atoms with E-state index in [4.69, 9.17) is 17.3 Å². The molecule has 3 heterocycles. The van der Waals surface area contributed by atoms with Crippen molar-refractivity contribution in [1.82, 2.24) is 68.0 Å². The van der Waals surface area contributed by atoms with Gasteiger partial charge >= 0.3 is 0 Å². The molecule has 7 rings (SSSR count). The van der Waals surface area contributed by atoms with E-state index in [0.717, 1.165) is 16.3 Å². The Kier molecular flexibility index (Phi) is 33.5. The van der Waals surface area contributed by atoms with Crippen molar-refractivity contribution >= 4 is 93.3 Å². The van der Waals surface area contributed by atoms with E-state index in [9.17, 15) is 58.2 Å². The molecule has 0 spiro atoms. The maximum atomic E-state index is 15.1. The van der Waals surface area contributed by atoms with Crippen molar-refractivity contribution in [1.29, 1.82) is 0 Å². The highest BCUT2D eigenvalue weighted by molar-refractivity contribution is 6.30. The van der Waals surface area contributed by atoms with Gasteiger partial charge < -0.3 is 78.9 Å². The van der Waals surface area contributed by atoms with Crippen LogP contribution >= 0.6 is 11.6 Å². The summed E-state index contributed by atoms with van der Waals surface area (Å²) < 4.78 is 0. The molecule has 1 aromatic heterocycles. The third kappa shape index (κ3) is 26.7. The van der Waals surface area contributed by atoms with E-state index in [0.29, 0.717) is 66.9 Å². The molecule has 4 aromatic carbocycles. The SMILES string of the molecule is CC(C)CC(NC(=O)C(CCCCNC(=O)C(C)C)NC(=O)C(Cc1ccc(O)cc1)NC(=O)C(CO)NC(=O)C(Cc1cccnc1)NC(=O)C(Cc1ccc(Cl)cc1)NC(=O)C(Cc1ccc2ccccc2c1)N1CCCC1=O)C(=O)NC(CCCCNC(C)C)C(=O)N1CCCC1C(=O)NC(C)C(N)=O. The highest BCUT2D eigenvalue weighted by Crippen LogP contribution is 2.25. The summed E-state index contributed by atoms with van der Waals surface area (Å²) in [5.41, 5.74) is 7.65. The molecule has 584 valence electrons. The molecule has 108 heavy (non-hydrogen) atoms. The molecule has 10 unspecified atom stereocenters. The van der Waals surface area contributed by atoms with Gasteiger partial charge in [0, 0.05) is 81.1 Å². The lowest BCUT2D eigenvalue weighted by Gasteiger charge is -2.31. The molecule has 12 amide bonds. The smallest absolute Gasteiger partial charge is 0.245 e. The standard InChI is InChI=1S/C79H107ClN14O14/c1-47(2)39-61(72(101)87-60(21-11-12-35-83-49(5)6)79(108)94-38-15-22-66(94)77(106)85-50(7)69(81)98)88-71(100)59(20-10-13-36-84-70(99)48(3)4)86-73(102)62(42-52-27-32-58(96)33-28-52)90-76(105)65(46-95)92-75(104)64(43-54-17-14-34-82-45-54)89-74(103)63(41-51-25-30-57(80)31-26-51)91-78(107)67(93-37-16-23-68(93)97)44-53-24-29-55-18-8-9-19-56(55)40-53/h8-9,14,17-19,24-34,40,45,47-50,59-67,83,95-96H,10-13,15-16,20-23,35-39,41-44,46H2,1-7H3,(H2,81,98)(H,84,99)(H,85,106)(H,86,102)(H,87,101)(H,88,100)(H,89,103)(H,90,105)(H,91,107)(H,92,104). The molecule has 0 saturated carbocycles. The van der Waals surface area contributed by atoms with E-state index in [1.807, 2.05) is 70.2 Å². The second-order valence-electron chi connectivity index (χ2n) is 29.0. The zero-order valence-corrected chi connectivity index (χ0v) is 63.5. The fourth-order valence-electron chi connectivity index (χ4n) is 13.0. The summed E-state index contributed by atoms with van der Waals surface area (Å²) >= 11 is 6.29. The van der Waals surface area contributed by atoms with Crippen LogP contribution in [0.1, 0.15) is 141 Å². The summed E-state index contributed by atoms with van der Waals surface area (Å²) in [6.45, 7) is 12.8. The number of hydrogen-bond acceptors (Lipinski definition) is 16. The normalized spacial score (nSPS) is 16.1. The lowest BCUT2D eigenvalue weighted by molar-refractivity contribution is -0.142. The van der Waals surface area contributed by atoms with Gasteiger partial charge in [0.1, 0.15) is 66.2 Å². The maximum Gasteiger partial charge on any atom is 0.245 e. The number of primary amides is 1. The van der Waals surface area contributed by atoms with Crippen LogP contribution in [0.25, 0.3) is 10.8 Å².